The Morgan fingerprint density at radius 2 is 1.78 bits per heavy atom. The molecule has 108 valence electrons. The molecule has 2 N–H and O–H groups in total. The predicted molar refractivity (Wildman–Crippen MR) is 76.0 cm³/mol. The van der Waals surface area contributed by atoms with Gasteiger partial charge in [-0.05, 0) is 46.1 Å². The lowest BCUT2D eigenvalue weighted by molar-refractivity contribution is 0.0998. The molecule has 0 bridgehead atoms. The Balaban J connectivity index is 4.58. The number of hydrogen-bond acceptors (Lipinski definition) is 3. The molecule has 0 heterocycles. The van der Waals surface area contributed by atoms with Crippen LogP contribution in [-0.2, 0) is 10.0 Å². The van der Waals surface area contributed by atoms with Crippen molar-refractivity contribution in [3.05, 3.63) is 12.2 Å². The summed E-state index contributed by atoms with van der Waals surface area (Å²) in [6.07, 6.45) is 2.67. The van der Waals surface area contributed by atoms with Crippen molar-refractivity contribution in [3.8, 4) is 0 Å². The van der Waals surface area contributed by atoms with Gasteiger partial charge in [-0.25, -0.2) is 13.1 Å². The Morgan fingerprint density at radius 1 is 1.28 bits per heavy atom. The molecule has 0 spiro atoms. The van der Waals surface area contributed by atoms with E-state index in [9.17, 15) is 13.5 Å². The third kappa shape index (κ3) is 5.08. The maximum absolute atomic E-state index is 11.9. The van der Waals surface area contributed by atoms with Crippen molar-refractivity contribution in [1.82, 2.24) is 4.72 Å². The lowest BCUT2D eigenvalue weighted by Gasteiger charge is -2.28. The highest BCUT2D eigenvalue weighted by atomic mass is 32.2. The van der Waals surface area contributed by atoms with Gasteiger partial charge in [0, 0.05) is 6.54 Å². The summed E-state index contributed by atoms with van der Waals surface area (Å²) in [6, 6.07) is 0. The largest absolute Gasteiger partial charge is 0.384 e. The van der Waals surface area contributed by atoms with Gasteiger partial charge in [0.1, 0.15) is 0 Å². The predicted octanol–water partition coefficient (Wildman–Crippen LogP) is 2.20. The highest BCUT2D eigenvalue weighted by molar-refractivity contribution is 7.90. The molecule has 0 saturated heterocycles. The normalized spacial score (nSPS) is 16.3. The van der Waals surface area contributed by atoms with E-state index in [2.05, 4.69) is 18.2 Å². The van der Waals surface area contributed by atoms with E-state index in [4.69, 9.17) is 0 Å². The van der Waals surface area contributed by atoms with Crippen LogP contribution in [0, 0.1) is 0 Å². The van der Waals surface area contributed by atoms with Crippen LogP contribution in [0.15, 0.2) is 12.2 Å². The zero-order valence-corrected chi connectivity index (χ0v) is 13.0. The van der Waals surface area contributed by atoms with Gasteiger partial charge in [0.15, 0.2) is 0 Å². The van der Waals surface area contributed by atoms with Crippen molar-refractivity contribution in [2.45, 2.75) is 64.2 Å². The Kier molecular flexibility index (Phi) is 6.04. The molecule has 4 nitrogen and oxygen atoms in total. The second kappa shape index (κ2) is 6.17. The van der Waals surface area contributed by atoms with Crippen LogP contribution in [0.1, 0.15) is 53.9 Å². The molecule has 0 saturated carbocycles. The minimum atomic E-state index is -3.44. The van der Waals surface area contributed by atoms with E-state index >= 15 is 0 Å². The zero-order valence-electron chi connectivity index (χ0n) is 12.2. The summed E-state index contributed by atoms with van der Waals surface area (Å²) < 4.78 is 25.3. The van der Waals surface area contributed by atoms with Crippen molar-refractivity contribution >= 4 is 10.0 Å². The van der Waals surface area contributed by atoms with E-state index in [0.29, 0.717) is 12.0 Å². The third-order valence-corrected chi connectivity index (χ3v) is 5.14. The van der Waals surface area contributed by atoms with Crippen molar-refractivity contribution in [2.24, 2.45) is 0 Å². The molecule has 0 amide bonds. The molecule has 0 aliphatic rings. The fourth-order valence-electron chi connectivity index (χ4n) is 1.24. The first kappa shape index (κ1) is 17.6. The van der Waals surface area contributed by atoms with Gasteiger partial charge < -0.3 is 5.11 Å². The summed E-state index contributed by atoms with van der Waals surface area (Å²) >= 11 is 0. The fraction of sp³-hybridized carbons (Fsp3) is 0.846. The molecular formula is C13H27NO3S. The van der Waals surface area contributed by atoms with E-state index in [1.165, 1.54) is 0 Å². The molecule has 0 aliphatic carbocycles. The number of rotatable bonds is 7. The van der Waals surface area contributed by atoms with Gasteiger partial charge >= 0.3 is 0 Å². The summed E-state index contributed by atoms with van der Waals surface area (Å²) in [7, 11) is -3.44. The number of unbranched alkanes of at least 4 members (excludes halogenated alkanes) is 1. The minimum Gasteiger partial charge on any atom is -0.384 e. The van der Waals surface area contributed by atoms with Gasteiger partial charge in [0.05, 0.1) is 10.3 Å². The molecule has 0 rings (SSSR count). The number of hydrogen-bond donors (Lipinski definition) is 2. The van der Waals surface area contributed by atoms with E-state index < -0.39 is 20.4 Å². The minimum absolute atomic E-state index is 0.0326. The van der Waals surface area contributed by atoms with Gasteiger partial charge in [-0.3, -0.25) is 0 Å². The van der Waals surface area contributed by atoms with Crippen molar-refractivity contribution in [1.29, 1.82) is 0 Å². The quantitative estimate of drug-likeness (QED) is 0.701. The van der Waals surface area contributed by atoms with Crippen LogP contribution < -0.4 is 4.72 Å². The van der Waals surface area contributed by atoms with Crippen molar-refractivity contribution < 1.29 is 13.5 Å². The molecule has 0 aromatic rings. The SMILES string of the molecule is C=C(CCCC)C(C)(O)CNS(=O)(=O)C(C)(C)C. The third-order valence-electron chi connectivity index (χ3n) is 3.01. The van der Waals surface area contributed by atoms with Gasteiger partial charge in [0.25, 0.3) is 0 Å². The van der Waals surface area contributed by atoms with Crippen LogP contribution >= 0.6 is 0 Å². The van der Waals surface area contributed by atoms with Crippen LogP contribution in [0.2, 0.25) is 0 Å². The van der Waals surface area contributed by atoms with Crippen molar-refractivity contribution in [3.63, 3.8) is 0 Å². The summed E-state index contributed by atoms with van der Waals surface area (Å²) in [6.45, 7) is 12.3. The topological polar surface area (TPSA) is 66.4 Å². The average molecular weight is 277 g/mol. The number of sulfonamides is 1. The van der Waals surface area contributed by atoms with Gasteiger partial charge in [-0.15, -0.1) is 0 Å². The maximum Gasteiger partial charge on any atom is 0.216 e. The van der Waals surface area contributed by atoms with Crippen LogP contribution in [0.4, 0.5) is 0 Å². The van der Waals surface area contributed by atoms with Crippen LogP contribution in [0.5, 0.6) is 0 Å². The Labute approximate surface area is 112 Å². The lowest BCUT2D eigenvalue weighted by Crippen LogP contribution is -2.47. The molecule has 0 aromatic carbocycles. The smallest absolute Gasteiger partial charge is 0.216 e. The molecule has 1 unspecified atom stereocenters. The highest BCUT2D eigenvalue weighted by Gasteiger charge is 2.32. The fourth-order valence-corrected chi connectivity index (χ4v) is 2.14. The van der Waals surface area contributed by atoms with Gasteiger partial charge in [-0.1, -0.05) is 19.9 Å². The molecule has 0 radical (unpaired) electrons. The first-order valence-corrected chi connectivity index (χ1v) is 7.82. The van der Waals surface area contributed by atoms with E-state index in [1.54, 1.807) is 27.7 Å². The Bertz CT molecular complexity index is 378. The summed E-state index contributed by atoms with van der Waals surface area (Å²) in [5, 5.41) is 10.2. The standard InChI is InChI=1S/C13H27NO3S/c1-7-8-9-11(2)13(6,15)10-14-18(16,17)12(3,4)5/h14-15H,2,7-10H2,1,3-6H3. The molecule has 0 fully saturated rings. The lowest BCUT2D eigenvalue weighted by atomic mass is 9.93. The van der Waals surface area contributed by atoms with Crippen LogP contribution in [-0.4, -0.2) is 30.4 Å². The zero-order chi connectivity index (χ0) is 14.6. The second-order valence-corrected chi connectivity index (χ2v) is 8.44. The van der Waals surface area contributed by atoms with Gasteiger partial charge in [-0.2, -0.15) is 0 Å². The average Bonchev–Trinajstić information content (AvgIpc) is 2.21. The summed E-state index contributed by atoms with van der Waals surface area (Å²) in [5.41, 5.74) is -0.533. The summed E-state index contributed by atoms with van der Waals surface area (Å²) in [4.78, 5) is 0. The van der Waals surface area contributed by atoms with E-state index in [0.717, 1.165) is 12.8 Å². The monoisotopic (exact) mass is 277 g/mol. The molecule has 18 heavy (non-hydrogen) atoms. The maximum atomic E-state index is 11.9. The first-order chi connectivity index (χ1) is 7.94. The Hall–Kier alpha value is -0.390. The van der Waals surface area contributed by atoms with E-state index in [-0.39, 0.29) is 6.54 Å². The molecular weight excluding hydrogens is 250 g/mol. The molecule has 0 aliphatic heterocycles. The Morgan fingerprint density at radius 3 is 2.17 bits per heavy atom. The van der Waals surface area contributed by atoms with Crippen LogP contribution in [0.25, 0.3) is 0 Å². The molecule has 0 aromatic heterocycles. The number of nitrogens with one attached hydrogen (secondary N) is 1. The van der Waals surface area contributed by atoms with Crippen molar-refractivity contribution in [2.75, 3.05) is 6.54 Å². The summed E-state index contributed by atoms with van der Waals surface area (Å²) in [5.74, 6) is 0. The van der Waals surface area contributed by atoms with E-state index in [1.807, 2.05) is 0 Å². The second-order valence-electron chi connectivity index (χ2n) is 5.92. The van der Waals surface area contributed by atoms with Gasteiger partial charge in [0.2, 0.25) is 10.0 Å². The first-order valence-electron chi connectivity index (χ1n) is 6.34. The van der Waals surface area contributed by atoms with Crippen LogP contribution in [0.3, 0.4) is 0 Å². The molecule has 1 atom stereocenters. The molecule has 5 heteroatoms. The highest BCUT2D eigenvalue weighted by Crippen LogP contribution is 2.21. The number of aliphatic hydroxyl groups is 1.